The maximum absolute atomic E-state index is 12.9. The summed E-state index contributed by atoms with van der Waals surface area (Å²) in [5.41, 5.74) is 3.25. The molecule has 2 aromatic carbocycles. The number of anilines is 2. The molecule has 2 heterocycles. The van der Waals surface area contributed by atoms with Crippen LogP contribution in [-0.4, -0.2) is 41.4 Å². The molecule has 8 nitrogen and oxygen atoms in total. The topological polar surface area (TPSA) is 94.4 Å². The standard InChI is InChI=1S/C20H19N5O3/c1-12-3-7-14(8-4-12)21-16(26)11-24-18-17(22-23-24)19(27)25(20(18)28)15-9-5-13(2)6-10-15/h3-10,17-18H,11H2,1-2H3,(H,21,26)/t17-,18+/m1/s1. The van der Waals surface area contributed by atoms with Crippen LogP contribution in [0, 0.1) is 13.8 Å². The Morgan fingerprint density at radius 1 is 0.964 bits per heavy atom. The van der Waals surface area contributed by atoms with Gasteiger partial charge in [-0.1, -0.05) is 40.6 Å². The summed E-state index contributed by atoms with van der Waals surface area (Å²) in [6.07, 6.45) is 0. The van der Waals surface area contributed by atoms with Gasteiger partial charge in [0, 0.05) is 5.69 Å². The minimum absolute atomic E-state index is 0.167. The van der Waals surface area contributed by atoms with Crippen LogP contribution >= 0.6 is 0 Å². The van der Waals surface area contributed by atoms with Crippen LogP contribution in [-0.2, 0) is 14.4 Å². The van der Waals surface area contributed by atoms with E-state index in [1.54, 1.807) is 24.3 Å². The summed E-state index contributed by atoms with van der Waals surface area (Å²) in [5.74, 6) is -1.19. The van der Waals surface area contributed by atoms with E-state index in [-0.39, 0.29) is 12.5 Å². The van der Waals surface area contributed by atoms with Crippen LogP contribution in [0.15, 0.2) is 58.9 Å². The van der Waals surface area contributed by atoms with E-state index in [2.05, 4.69) is 15.7 Å². The molecule has 0 aliphatic carbocycles. The minimum atomic E-state index is -0.916. The first kappa shape index (κ1) is 17.8. The average Bonchev–Trinajstić information content (AvgIpc) is 3.18. The molecule has 2 aliphatic rings. The van der Waals surface area contributed by atoms with Crippen molar-refractivity contribution in [2.45, 2.75) is 25.9 Å². The van der Waals surface area contributed by atoms with E-state index < -0.39 is 23.9 Å². The van der Waals surface area contributed by atoms with E-state index in [4.69, 9.17) is 0 Å². The highest BCUT2D eigenvalue weighted by atomic mass is 16.2. The molecule has 3 amide bonds. The fraction of sp³-hybridized carbons (Fsp3) is 0.250. The van der Waals surface area contributed by atoms with Crippen molar-refractivity contribution in [2.24, 2.45) is 10.3 Å². The molecule has 1 fully saturated rings. The Morgan fingerprint density at radius 3 is 2.21 bits per heavy atom. The molecule has 2 aliphatic heterocycles. The lowest BCUT2D eigenvalue weighted by atomic mass is 10.1. The molecule has 0 bridgehead atoms. The van der Waals surface area contributed by atoms with E-state index >= 15 is 0 Å². The van der Waals surface area contributed by atoms with Gasteiger partial charge in [0.15, 0.2) is 12.1 Å². The van der Waals surface area contributed by atoms with Gasteiger partial charge in [-0.25, -0.2) is 4.90 Å². The van der Waals surface area contributed by atoms with Crippen molar-refractivity contribution in [1.82, 2.24) is 5.01 Å². The van der Waals surface area contributed by atoms with Gasteiger partial charge in [-0.3, -0.25) is 19.4 Å². The number of nitrogens with one attached hydrogen (secondary N) is 1. The molecule has 2 atom stereocenters. The predicted octanol–water partition coefficient (Wildman–Crippen LogP) is 2.24. The largest absolute Gasteiger partial charge is 0.324 e. The van der Waals surface area contributed by atoms with Gasteiger partial charge >= 0.3 is 0 Å². The SMILES string of the molecule is Cc1ccc(NC(=O)CN2N=N[C@H]3C(=O)N(c4ccc(C)cc4)C(=O)[C@H]32)cc1. The molecule has 2 aromatic rings. The number of rotatable bonds is 4. The van der Waals surface area contributed by atoms with Gasteiger partial charge in [0.1, 0.15) is 6.54 Å². The number of nitrogens with zero attached hydrogens (tertiary/aromatic N) is 4. The van der Waals surface area contributed by atoms with Crippen molar-refractivity contribution in [1.29, 1.82) is 0 Å². The summed E-state index contributed by atoms with van der Waals surface area (Å²) in [6, 6.07) is 12.7. The van der Waals surface area contributed by atoms with Crippen molar-refractivity contribution in [2.75, 3.05) is 16.8 Å². The monoisotopic (exact) mass is 377 g/mol. The summed E-state index contributed by atoms with van der Waals surface area (Å²) in [7, 11) is 0. The third-order valence-electron chi connectivity index (χ3n) is 4.79. The van der Waals surface area contributed by atoms with Gasteiger partial charge < -0.3 is 5.32 Å². The van der Waals surface area contributed by atoms with Crippen LogP contribution in [0.5, 0.6) is 0 Å². The number of amides is 3. The summed E-state index contributed by atoms with van der Waals surface area (Å²) in [4.78, 5) is 39.0. The van der Waals surface area contributed by atoms with E-state index in [1.807, 2.05) is 38.1 Å². The molecule has 0 aromatic heterocycles. The zero-order valence-corrected chi connectivity index (χ0v) is 15.5. The molecule has 0 spiro atoms. The lowest BCUT2D eigenvalue weighted by Crippen LogP contribution is -2.43. The van der Waals surface area contributed by atoms with E-state index in [0.29, 0.717) is 11.4 Å². The fourth-order valence-corrected chi connectivity index (χ4v) is 3.29. The van der Waals surface area contributed by atoms with Crippen LogP contribution in [0.2, 0.25) is 0 Å². The Hall–Kier alpha value is -3.55. The Kier molecular flexibility index (Phi) is 4.38. The zero-order valence-electron chi connectivity index (χ0n) is 15.5. The molecule has 4 rings (SSSR count). The van der Waals surface area contributed by atoms with Crippen molar-refractivity contribution in [3.05, 3.63) is 59.7 Å². The van der Waals surface area contributed by atoms with Crippen LogP contribution in [0.4, 0.5) is 11.4 Å². The molecule has 0 saturated carbocycles. The number of benzene rings is 2. The second-order valence-corrected chi connectivity index (χ2v) is 6.95. The average molecular weight is 377 g/mol. The molecule has 0 unspecified atom stereocenters. The van der Waals surface area contributed by atoms with E-state index in [1.165, 1.54) is 5.01 Å². The van der Waals surface area contributed by atoms with Crippen LogP contribution in [0.25, 0.3) is 0 Å². The van der Waals surface area contributed by atoms with Gasteiger partial charge in [0.25, 0.3) is 11.8 Å². The maximum Gasteiger partial charge on any atom is 0.263 e. The third-order valence-corrected chi connectivity index (χ3v) is 4.79. The molecule has 8 heteroatoms. The normalized spacial score (nSPS) is 20.6. The highest BCUT2D eigenvalue weighted by Crippen LogP contribution is 2.31. The Balaban J connectivity index is 1.48. The van der Waals surface area contributed by atoms with Gasteiger partial charge in [0.2, 0.25) is 5.91 Å². The summed E-state index contributed by atoms with van der Waals surface area (Å²) < 4.78 is 0. The Morgan fingerprint density at radius 2 is 1.57 bits per heavy atom. The second kappa shape index (κ2) is 6.88. The third kappa shape index (κ3) is 3.13. The highest BCUT2D eigenvalue weighted by molar-refractivity contribution is 6.25. The fourth-order valence-electron chi connectivity index (χ4n) is 3.29. The smallest absolute Gasteiger partial charge is 0.263 e. The van der Waals surface area contributed by atoms with E-state index in [9.17, 15) is 14.4 Å². The number of hydrogen-bond donors (Lipinski definition) is 1. The second-order valence-electron chi connectivity index (χ2n) is 6.95. The molecule has 0 radical (unpaired) electrons. The Labute approximate surface area is 161 Å². The van der Waals surface area contributed by atoms with Crippen LogP contribution in [0.3, 0.4) is 0 Å². The van der Waals surface area contributed by atoms with Crippen LogP contribution in [0.1, 0.15) is 11.1 Å². The number of carbonyl (C=O) groups excluding carboxylic acids is 3. The summed E-state index contributed by atoms with van der Waals surface area (Å²) in [6.45, 7) is 3.72. The molecule has 28 heavy (non-hydrogen) atoms. The highest BCUT2D eigenvalue weighted by Gasteiger charge is 2.55. The van der Waals surface area contributed by atoms with Gasteiger partial charge in [-0.2, -0.15) is 5.11 Å². The first-order valence-corrected chi connectivity index (χ1v) is 8.92. The Bertz CT molecular complexity index is 968. The van der Waals surface area contributed by atoms with E-state index in [0.717, 1.165) is 16.0 Å². The van der Waals surface area contributed by atoms with Gasteiger partial charge in [-0.15, -0.1) is 0 Å². The van der Waals surface area contributed by atoms with Crippen molar-refractivity contribution in [3.63, 3.8) is 0 Å². The first-order valence-electron chi connectivity index (χ1n) is 8.92. The van der Waals surface area contributed by atoms with Crippen molar-refractivity contribution >= 4 is 29.1 Å². The quantitative estimate of drug-likeness (QED) is 0.827. The number of fused-ring (bicyclic) bond motifs is 1. The molecular weight excluding hydrogens is 358 g/mol. The first-order chi connectivity index (χ1) is 13.4. The van der Waals surface area contributed by atoms with Crippen molar-refractivity contribution in [3.8, 4) is 0 Å². The minimum Gasteiger partial charge on any atom is -0.324 e. The summed E-state index contributed by atoms with van der Waals surface area (Å²) in [5, 5.41) is 11.9. The van der Waals surface area contributed by atoms with Gasteiger partial charge in [0.05, 0.1) is 5.69 Å². The zero-order chi connectivity index (χ0) is 19.8. The number of imide groups is 1. The number of aryl methyl sites for hydroxylation is 2. The van der Waals surface area contributed by atoms with Gasteiger partial charge in [-0.05, 0) is 38.1 Å². The molecule has 1 saturated heterocycles. The van der Waals surface area contributed by atoms with Crippen LogP contribution < -0.4 is 10.2 Å². The lowest BCUT2D eigenvalue weighted by Gasteiger charge is -2.20. The number of hydrogen-bond acceptors (Lipinski definition) is 6. The molecular formula is C20H19N5O3. The maximum atomic E-state index is 12.9. The predicted molar refractivity (Wildman–Crippen MR) is 103 cm³/mol. The lowest BCUT2D eigenvalue weighted by molar-refractivity contribution is -0.123. The number of carbonyl (C=O) groups is 3. The summed E-state index contributed by atoms with van der Waals surface area (Å²) >= 11 is 0. The molecule has 142 valence electrons. The van der Waals surface area contributed by atoms with Crippen molar-refractivity contribution < 1.29 is 14.4 Å². The molecule has 1 N–H and O–H groups in total.